The summed E-state index contributed by atoms with van der Waals surface area (Å²) in [4.78, 5) is 36.8. The van der Waals surface area contributed by atoms with Crippen LogP contribution in [0.5, 0.6) is 5.75 Å². The van der Waals surface area contributed by atoms with Crippen LogP contribution >= 0.6 is 11.8 Å². The number of rotatable bonds is 8. The molecule has 2 aromatic rings. The zero-order valence-electron chi connectivity index (χ0n) is 18.9. The van der Waals surface area contributed by atoms with Gasteiger partial charge >= 0.3 is 5.97 Å². The number of amides is 2. The van der Waals surface area contributed by atoms with Crippen molar-refractivity contribution in [2.75, 3.05) is 13.1 Å². The Morgan fingerprint density at radius 1 is 1.00 bits per heavy atom. The monoisotopic (exact) mass is 504 g/mol. The van der Waals surface area contributed by atoms with Gasteiger partial charge in [-0.1, -0.05) is 18.2 Å². The fourth-order valence-corrected chi connectivity index (χ4v) is 5.52. The van der Waals surface area contributed by atoms with E-state index >= 15 is 0 Å². The molecule has 2 aromatic carbocycles. The van der Waals surface area contributed by atoms with E-state index in [0.717, 1.165) is 22.6 Å². The number of carboxylic acids is 1. The molecule has 1 aliphatic carbocycles. The Bertz CT molecular complexity index is 1100. The normalized spacial score (nSPS) is 21.1. The molecule has 4 rings (SSSR count). The number of hydrogen-bond acceptors (Lipinski definition) is 5. The van der Waals surface area contributed by atoms with Crippen LogP contribution in [0, 0.1) is 17.6 Å². The predicted octanol–water partition coefficient (Wildman–Crippen LogP) is 3.55. The summed E-state index contributed by atoms with van der Waals surface area (Å²) >= 11 is 1.50. The second-order valence-electron chi connectivity index (χ2n) is 8.66. The largest absolute Gasteiger partial charge is 0.487 e. The van der Waals surface area contributed by atoms with E-state index in [9.17, 15) is 23.2 Å². The van der Waals surface area contributed by atoms with E-state index in [1.807, 2.05) is 24.3 Å². The molecule has 1 aliphatic heterocycles. The average molecular weight is 505 g/mol. The van der Waals surface area contributed by atoms with Crippen molar-refractivity contribution in [3.63, 3.8) is 0 Å². The highest BCUT2D eigenvalue weighted by Crippen LogP contribution is 2.36. The third kappa shape index (κ3) is 6.11. The van der Waals surface area contributed by atoms with Crippen LogP contribution in [0.15, 0.2) is 41.3 Å². The number of thioether (sulfide) groups is 1. The van der Waals surface area contributed by atoms with Crippen LogP contribution in [0.4, 0.5) is 8.78 Å². The van der Waals surface area contributed by atoms with E-state index in [4.69, 9.17) is 9.84 Å². The first-order chi connectivity index (χ1) is 16.8. The predicted molar refractivity (Wildman–Crippen MR) is 126 cm³/mol. The first kappa shape index (κ1) is 25.0. The van der Waals surface area contributed by atoms with E-state index in [1.165, 1.54) is 11.8 Å². The summed E-state index contributed by atoms with van der Waals surface area (Å²) in [5, 5.41) is 14.1. The molecule has 1 fully saturated rings. The van der Waals surface area contributed by atoms with Crippen LogP contribution < -0.4 is 15.4 Å². The molecule has 2 aliphatic rings. The highest BCUT2D eigenvalue weighted by molar-refractivity contribution is 8.01. The van der Waals surface area contributed by atoms with E-state index in [-0.39, 0.29) is 30.0 Å². The van der Waals surface area contributed by atoms with Gasteiger partial charge in [-0.15, -0.1) is 11.8 Å². The zero-order valence-corrected chi connectivity index (χ0v) is 19.7. The molecule has 1 atom stereocenters. The Kier molecular flexibility index (Phi) is 7.90. The maximum Gasteiger partial charge on any atom is 0.306 e. The van der Waals surface area contributed by atoms with Gasteiger partial charge in [-0.3, -0.25) is 14.4 Å². The standard InChI is InChI=1S/C25H26F2N2O5S/c26-18-13-20(34-16-7-5-14(6-8-16)25(32)33)19(27)12-17(18)23(30)28-9-10-29-24(31)22-11-15-3-1-2-4-21(15)35-22/h1-4,12-14,16,22H,5-11H2,(H,28,30)(H,29,31)(H,32,33)/t14-,16+,22?. The average Bonchev–Trinajstić information content (AvgIpc) is 3.28. The lowest BCUT2D eigenvalue weighted by atomic mass is 9.87. The highest BCUT2D eigenvalue weighted by Gasteiger charge is 2.29. The molecule has 0 aromatic heterocycles. The minimum absolute atomic E-state index is 0.0566. The van der Waals surface area contributed by atoms with Crippen molar-refractivity contribution in [1.29, 1.82) is 0 Å². The first-order valence-electron chi connectivity index (χ1n) is 11.5. The van der Waals surface area contributed by atoms with Crippen molar-refractivity contribution < 1.29 is 33.0 Å². The molecule has 0 radical (unpaired) electrons. The maximum atomic E-state index is 14.5. The lowest BCUT2D eigenvalue weighted by Crippen LogP contribution is -2.38. The number of aliphatic carboxylic acids is 1. The van der Waals surface area contributed by atoms with Crippen molar-refractivity contribution in [2.24, 2.45) is 5.92 Å². The fourth-order valence-electron chi connectivity index (χ4n) is 4.30. The lowest BCUT2D eigenvalue weighted by molar-refractivity contribution is -0.143. The number of ether oxygens (including phenoxy) is 1. The lowest BCUT2D eigenvalue weighted by Gasteiger charge is -2.27. The van der Waals surface area contributed by atoms with Gasteiger partial charge in [0.1, 0.15) is 5.82 Å². The number of nitrogens with one attached hydrogen (secondary N) is 2. The SMILES string of the molecule is O=C(NCCNC(=O)C1Cc2ccccc2S1)c1cc(F)c(O[C@H]2CC[C@@H](C(=O)O)CC2)cc1F. The van der Waals surface area contributed by atoms with Gasteiger partial charge in [-0.05, 0) is 49.8 Å². The van der Waals surface area contributed by atoms with E-state index in [2.05, 4.69) is 10.6 Å². The second kappa shape index (κ2) is 11.1. The summed E-state index contributed by atoms with van der Waals surface area (Å²) in [6.07, 6.45) is 1.91. The Balaban J connectivity index is 1.23. The molecular formula is C25H26F2N2O5S. The molecule has 1 heterocycles. The minimum atomic E-state index is -0.928. The summed E-state index contributed by atoms with van der Waals surface area (Å²) < 4.78 is 34.6. The summed E-state index contributed by atoms with van der Waals surface area (Å²) in [7, 11) is 0. The van der Waals surface area contributed by atoms with Gasteiger partial charge < -0.3 is 20.5 Å². The molecule has 1 unspecified atom stereocenters. The van der Waals surface area contributed by atoms with Gasteiger partial charge in [-0.2, -0.15) is 0 Å². The molecular weight excluding hydrogens is 478 g/mol. The summed E-state index contributed by atoms with van der Waals surface area (Å²) in [5.74, 6) is -4.35. The third-order valence-corrected chi connectivity index (χ3v) is 7.55. The van der Waals surface area contributed by atoms with Crippen LogP contribution in [0.3, 0.4) is 0 Å². The van der Waals surface area contributed by atoms with Crippen molar-refractivity contribution in [2.45, 2.75) is 48.4 Å². The number of hydrogen-bond donors (Lipinski definition) is 3. The van der Waals surface area contributed by atoms with Crippen LogP contribution in [-0.2, 0) is 16.0 Å². The molecule has 35 heavy (non-hydrogen) atoms. The number of carbonyl (C=O) groups excluding carboxylic acids is 2. The fraction of sp³-hybridized carbons (Fsp3) is 0.400. The van der Waals surface area contributed by atoms with E-state index in [1.54, 1.807) is 0 Å². The Labute approximate surface area is 205 Å². The Morgan fingerprint density at radius 2 is 1.71 bits per heavy atom. The number of fused-ring (bicyclic) bond motifs is 1. The van der Waals surface area contributed by atoms with Gasteiger partial charge in [-0.25, -0.2) is 8.78 Å². The molecule has 1 saturated carbocycles. The smallest absolute Gasteiger partial charge is 0.306 e. The summed E-state index contributed by atoms with van der Waals surface area (Å²) in [5.41, 5.74) is 0.668. The zero-order chi connectivity index (χ0) is 24.9. The number of halogens is 2. The third-order valence-electron chi connectivity index (χ3n) is 6.23. The van der Waals surface area contributed by atoms with Gasteiger partial charge in [0.25, 0.3) is 5.91 Å². The highest BCUT2D eigenvalue weighted by atomic mass is 32.2. The van der Waals surface area contributed by atoms with Gasteiger partial charge in [0.2, 0.25) is 5.91 Å². The minimum Gasteiger partial charge on any atom is -0.487 e. The van der Waals surface area contributed by atoms with Crippen LogP contribution in [-0.4, -0.2) is 47.3 Å². The molecule has 0 bridgehead atoms. The quantitative estimate of drug-likeness (QED) is 0.475. The van der Waals surface area contributed by atoms with Crippen LogP contribution in [0.2, 0.25) is 0 Å². The molecule has 3 N–H and O–H groups in total. The van der Waals surface area contributed by atoms with Crippen LogP contribution in [0.25, 0.3) is 0 Å². The van der Waals surface area contributed by atoms with Gasteiger partial charge in [0.15, 0.2) is 11.6 Å². The van der Waals surface area contributed by atoms with Crippen molar-refractivity contribution in [3.05, 3.63) is 59.2 Å². The van der Waals surface area contributed by atoms with Crippen molar-refractivity contribution in [1.82, 2.24) is 10.6 Å². The maximum absolute atomic E-state index is 14.5. The molecule has 7 nitrogen and oxygen atoms in total. The number of carboxylic acid groups (broad SMARTS) is 1. The molecule has 0 spiro atoms. The molecule has 0 saturated heterocycles. The van der Waals surface area contributed by atoms with Crippen molar-refractivity contribution in [3.8, 4) is 5.75 Å². The molecule has 186 valence electrons. The number of carbonyl (C=O) groups is 3. The second-order valence-corrected chi connectivity index (χ2v) is 9.90. The Hall–Kier alpha value is -3.14. The van der Waals surface area contributed by atoms with Gasteiger partial charge in [0, 0.05) is 24.1 Å². The number of benzene rings is 2. The Morgan fingerprint density at radius 3 is 2.43 bits per heavy atom. The molecule has 2 amide bonds. The summed E-state index contributed by atoms with van der Waals surface area (Å²) in [6, 6.07) is 9.44. The van der Waals surface area contributed by atoms with Crippen molar-refractivity contribution >= 4 is 29.5 Å². The van der Waals surface area contributed by atoms with E-state index in [0.29, 0.717) is 32.1 Å². The van der Waals surface area contributed by atoms with Crippen LogP contribution in [0.1, 0.15) is 41.6 Å². The molecule has 10 heteroatoms. The first-order valence-corrected chi connectivity index (χ1v) is 12.4. The van der Waals surface area contributed by atoms with E-state index < -0.39 is 41.1 Å². The van der Waals surface area contributed by atoms with Gasteiger partial charge in [0.05, 0.1) is 22.8 Å². The summed E-state index contributed by atoms with van der Waals surface area (Å²) in [6.45, 7) is 0.212. The topological polar surface area (TPSA) is 105 Å².